The molecule has 6 rings (SSSR count). The van der Waals surface area contributed by atoms with Gasteiger partial charge in [-0.05, 0) is 51.4 Å². The lowest BCUT2D eigenvalue weighted by atomic mass is 9.91. The van der Waals surface area contributed by atoms with Crippen LogP contribution in [0.25, 0.3) is 54.6 Å². The van der Waals surface area contributed by atoms with Gasteiger partial charge in [0.05, 0.1) is 17.9 Å². The highest BCUT2D eigenvalue weighted by Gasteiger charge is 2.23. The molecule has 0 saturated heterocycles. The summed E-state index contributed by atoms with van der Waals surface area (Å²) in [5, 5.41) is 7.08. The molecule has 1 aromatic heterocycles. The number of rotatable bonds is 2. The van der Waals surface area contributed by atoms with Crippen LogP contribution in [-0.2, 0) is 0 Å². The predicted molar refractivity (Wildman–Crippen MR) is 125 cm³/mol. The molecule has 0 aliphatic heterocycles. The van der Waals surface area contributed by atoms with Gasteiger partial charge in [-0.25, -0.2) is 4.42 Å². The Hall–Kier alpha value is -3.91. The normalized spacial score (nSPS) is 11.5. The van der Waals surface area contributed by atoms with Crippen molar-refractivity contribution in [3.8, 4) is 16.9 Å². The molecular formula is C28H19O2+. The molecule has 2 nitrogen and oxygen atoms in total. The second-order valence-electron chi connectivity index (χ2n) is 7.53. The van der Waals surface area contributed by atoms with Gasteiger partial charge >= 0.3 is 11.2 Å². The van der Waals surface area contributed by atoms with Crippen LogP contribution >= 0.6 is 0 Å². The van der Waals surface area contributed by atoms with Crippen molar-refractivity contribution in [3.05, 3.63) is 97.1 Å². The lowest BCUT2D eigenvalue weighted by Crippen LogP contribution is -1.89. The van der Waals surface area contributed by atoms with Crippen LogP contribution in [0.2, 0.25) is 0 Å². The summed E-state index contributed by atoms with van der Waals surface area (Å²) in [6.07, 6.45) is 0. The van der Waals surface area contributed by atoms with E-state index >= 15 is 0 Å². The van der Waals surface area contributed by atoms with Gasteiger partial charge in [0.2, 0.25) is 0 Å². The highest BCUT2D eigenvalue weighted by molar-refractivity contribution is 6.24. The van der Waals surface area contributed by atoms with E-state index in [1.807, 2.05) is 12.1 Å². The Morgan fingerprint density at radius 1 is 0.567 bits per heavy atom. The maximum Gasteiger partial charge on any atom is 0.362 e. The Bertz CT molecular complexity index is 1470. The molecule has 0 radical (unpaired) electrons. The summed E-state index contributed by atoms with van der Waals surface area (Å²) >= 11 is 0. The van der Waals surface area contributed by atoms with Crippen molar-refractivity contribution >= 4 is 43.5 Å². The third-order valence-electron chi connectivity index (χ3n) is 5.88. The fourth-order valence-corrected chi connectivity index (χ4v) is 4.48. The van der Waals surface area contributed by atoms with Gasteiger partial charge in [-0.3, -0.25) is 0 Å². The Balaban J connectivity index is 1.90. The van der Waals surface area contributed by atoms with Crippen molar-refractivity contribution in [2.24, 2.45) is 0 Å². The number of benzene rings is 5. The summed E-state index contributed by atoms with van der Waals surface area (Å²) in [6.45, 7) is 0. The van der Waals surface area contributed by atoms with Crippen LogP contribution in [-0.4, -0.2) is 7.11 Å². The Labute approximate surface area is 173 Å². The number of fused-ring (bicyclic) bond motifs is 6. The van der Waals surface area contributed by atoms with E-state index in [9.17, 15) is 0 Å². The number of ether oxygens (including phenoxy) is 1. The van der Waals surface area contributed by atoms with Gasteiger partial charge in [0, 0.05) is 17.7 Å². The number of hydrogen-bond donors (Lipinski definition) is 0. The zero-order valence-corrected chi connectivity index (χ0v) is 16.6. The molecule has 0 amide bonds. The van der Waals surface area contributed by atoms with Crippen LogP contribution in [0.5, 0.6) is 5.75 Å². The SMILES string of the molecule is COc1ccc(-c2c3c(ccc4ccccc43)[o+]c3ccc4ccccc4c23)cc1. The first kappa shape index (κ1) is 17.0. The molecule has 0 N–H and O–H groups in total. The maximum atomic E-state index is 6.44. The Kier molecular flexibility index (Phi) is 3.72. The van der Waals surface area contributed by atoms with Crippen LogP contribution in [0.15, 0.2) is 101 Å². The molecule has 30 heavy (non-hydrogen) atoms. The topological polar surface area (TPSA) is 20.5 Å². The third kappa shape index (κ3) is 2.47. The molecule has 0 atom stereocenters. The average Bonchev–Trinajstić information content (AvgIpc) is 2.82. The molecule has 6 aromatic rings. The fourth-order valence-electron chi connectivity index (χ4n) is 4.48. The van der Waals surface area contributed by atoms with E-state index in [1.54, 1.807) is 7.11 Å². The van der Waals surface area contributed by atoms with E-state index in [4.69, 9.17) is 9.15 Å². The predicted octanol–water partition coefficient (Wildman–Crippen LogP) is 7.85. The van der Waals surface area contributed by atoms with E-state index in [1.165, 1.54) is 27.1 Å². The summed E-state index contributed by atoms with van der Waals surface area (Å²) in [5.41, 5.74) is 4.13. The quantitative estimate of drug-likeness (QED) is 0.171. The van der Waals surface area contributed by atoms with E-state index < -0.39 is 0 Å². The summed E-state index contributed by atoms with van der Waals surface area (Å²) in [6, 6.07) is 33.7. The van der Waals surface area contributed by atoms with Crippen molar-refractivity contribution in [1.29, 1.82) is 0 Å². The summed E-state index contributed by atoms with van der Waals surface area (Å²) < 4.78 is 11.8. The molecule has 0 aliphatic rings. The van der Waals surface area contributed by atoms with E-state index in [0.29, 0.717) is 0 Å². The van der Waals surface area contributed by atoms with Gasteiger partial charge < -0.3 is 4.74 Å². The third-order valence-corrected chi connectivity index (χ3v) is 5.88. The van der Waals surface area contributed by atoms with Crippen molar-refractivity contribution < 1.29 is 9.15 Å². The molecule has 2 heteroatoms. The van der Waals surface area contributed by atoms with Gasteiger partial charge in [-0.1, -0.05) is 60.7 Å². The van der Waals surface area contributed by atoms with Crippen LogP contribution < -0.4 is 4.74 Å². The summed E-state index contributed by atoms with van der Waals surface area (Å²) in [7, 11) is 1.70. The minimum Gasteiger partial charge on any atom is -0.497 e. The minimum atomic E-state index is 0.850. The van der Waals surface area contributed by atoms with E-state index in [0.717, 1.165) is 33.3 Å². The standard InChI is InChI=1S/C28H19O2/c1-29-21-14-10-20(11-15-21)26-27-22-8-4-2-6-18(22)12-16-24(27)30-25-17-13-19-7-3-5-9-23(19)28(25)26/h2-17H,1H3/q+1. The molecule has 0 unspecified atom stereocenters. The Morgan fingerprint density at radius 2 is 1.10 bits per heavy atom. The minimum absolute atomic E-state index is 0.850. The molecule has 142 valence electrons. The monoisotopic (exact) mass is 387 g/mol. The number of hydrogen-bond acceptors (Lipinski definition) is 1. The summed E-state index contributed by atoms with van der Waals surface area (Å²) in [5.74, 6) is 0.850. The smallest absolute Gasteiger partial charge is 0.362 e. The van der Waals surface area contributed by atoms with Gasteiger partial charge in [-0.2, -0.15) is 0 Å². The second-order valence-corrected chi connectivity index (χ2v) is 7.53. The first-order valence-electron chi connectivity index (χ1n) is 10.1. The lowest BCUT2D eigenvalue weighted by Gasteiger charge is -2.10. The van der Waals surface area contributed by atoms with Gasteiger partial charge in [0.15, 0.2) is 0 Å². The first-order valence-corrected chi connectivity index (χ1v) is 10.1. The number of methoxy groups -OCH3 is 1. The molecule has 5 aromatic carbocycles. The Morgan fingerprint density at radius 3 is 1.63 bits per heavy atom. The van der Waals surface area contributed by atoms with Crippen LogP contribution in [0, 0.1) is 0 Å². The molecule has 0 saturated carbocycles. The zero-order chi connectivity index (χ0) is 20.1. The van der Waals surface area contributed by atoms with Gasteiger partial charge in [0.1, 0.15) is 5.75 Å². The molecule has 0 aliphatic carbocycles. The summed E-state index contributed by atoms with van der Waals surface area (Å²) in [4.78, 5) is 0. The van der Waals surface area contributed by atoms with Crippen LogP contribution in [0.4, 0.5) is 0 Å². The van der Waals surface area contributed by atoms with Crippen molar-refractivity contribution in [3.63, 3.8) is 0 Å². The van der Waals surface area contributed by atoms with Crippen LogP contribution in [0.1, 0.15) is 0 Å². The molecule has 0 spiro atoms. The average molecular weight is 387 g/mol. The van der Waals surface area contributed by atoms with Crippen LogP contribution in [0.3, 0.4) is 0 Å². The van der Waals surface area contributed by atoms with E-state index in [2.05, 4.69) is 84.9 Å². The first-order chi connectivity index (χ1) is 14.8. The largest absolute Gasteiger partial charge is 0.497 e. The van der Waals surface area contributed by atoms with Crippen molar-refractivity contribution in [2.75, 3.05) is 7.11 Å². The lowest BCUT2D eigenvalue weighted by molar-refractivity contribution is 0.415. The molecule has 1 heterocycles. The fraction of sp³-hybridized carbons (Fsp3) is 0.0357. The van der Waals surface area contributed by atoms with E-state index in [-0.39, 0.29) is 0 Å². The highest BCUT2D eigenvalue weighted by atomic mass is 16.5. The molecule has 0 bridgehead atoms. The molecular weight excluding hydrogens is 368 g/mol. The van der Waals surface area contributed by atoms with Crippen molar-refractivity contribution in [2.45, 2.75) is 0 Å². The van der Waals surface area contributed by atoms with Crippen molar-refractivity contribution in [1.82, 2.24) is 0 Å². The van der Waals surface area contributed by atoms with Gasteiger partial charge in [-0.15, -0.1) is 0 Å². The second kappa shape index (κ2) is 6.57. The highest BCUT2D eigenvalue weighted by Crippen LogP contribution is 2.43. The zero-order valence-electron chi connectivity index (χ0n) is 16.6. The maximum absolute atomic E-state index is 6.44. The molecule has 0 fully saturated rings. The van der Waals surface area contributed by atoms with Gasteiger partial charge in [0.25, 0.3) is 0 Å².